The lowest BCUT2D eigenvalue weighted by atomic mass is 10.1. The van der Waals surface area contributed by atoms with Crippen LogP contribution in [-0.2, 0) is 11.0 Å². The summed E-state index contributed by atoms with van der Waals surface area (Å²) in [5.74, 6) is 0.191. The molecule has 0 aliphatic rings. The first-order chi connectivity index (χ1) is 15.5. The summed E-state index contributed by atoms with van der Waals surface area (Å²) < 4.78 is 49.5. The number of nitro benzene ring substituents is 1. The predicted molar refractivity (Wildman–Crippen MR) is 113 cm³/mol. The van der Waals surface area contributed by atoms with Crippen LogP contribution in [-0.4, -0.2) is 23.7 Å². The van der Waals surface area contributed by atoms with Crippen LogP contribution in [0.4, 0.5) is 18.9 Å². The van der Waals surface area contributed by atoms with Crippen LogP contribution in [0.2, 0.25) is 0 Å². The van der Waals surface area contributed by atoms with E-state index < -0.39 is 22.6 Å². The quantitative estimate of drug-likeness (QED) is 0.302. The zero-order valence-corrected chi connectivity index (χ0v) is 17.5. The highest BCUT2D eigenvalue weighted by Crippen LogP contribution is 2.32. The summed E-state index contributed by atoms with van der Waals surface area (Å²) in [6.45, 7) is 2.87. The highest BCUT2D eigenvalue weighted by atomic mass is 19.4. The minimum absolute atomic E-state index is 0.0747. The van der Waals surface area contributed by atoms with Crippen molar-refractivity contribution in [3.63, 3.8) is 0 Å². The summed E-state index contributed by atoms with van der Waals surface area (Å²) in [5.41, 5.74) is 2.63. The molecule has 8 nitrogen and oxygen atoms in total. The average Bonchev–Trinajstić information content (AvgIpc) is 3.21. The van der Waals surface area contributed by atoms with Gasteiger partial charge >= 0.3 is 6.18 Å². The van der Waals surface area contributed by atoms with Crippen LogP contribution >= 0.6 is 0 Å². The number of amides is 1. The number of hydrazone groups is 1. The fourth-order valence-electron chi connectivity index (χ4n) is 3.02. The number of aryl methyl sites for hydroxylation is 2. The second-order valence-corrected chi connectivity index (χ2v) is 7.03. The number of furan rings is 1. The Balaban J connectivity index is 1.58. The number of ether oxygens (including phenoxy) is 1. The van der Waals surface area contributed by atoms with E-state index in [0.717, 1.165) is 12.1 Å². The highest BCUT2D eigenvalue weighted by Gasteiger charge is 2.30. The zero-order chi connectivity index (χ0) is 24.2. The number of rotatable bonds is 7. The number of nitrogens with zero attached hydrogens (tertiary/aromatic N) is 2. The van der Waals surface area contributed by atoms with Gasteiger partial charge in [0.1, 0.15) is 17.3 Å². The molecule has 172 valence electrons. The Morgan fingerprint density at radius 1 is 1.18 bits per heavy atom. The number of carbonyl (C=O) groups excluding carboxylic acids is 1. The maximum atomic E-state index is 12.9. The van der Waals surface area contributed by atoms with Crippen LogP contribution < -0.4 is 10.2 Å². The lowest BCUT2D eigenvalue weighted by molar-refractivity contribution is -0.385. The molecule has 1 heterocycles. The predicted octanol–water partition coefficient (Wildman–Crippen LogP) is 5.02. The van der Waals surface area contributed by atoms with Crippen molar-refractivity contribution in [3.05, 3.63) is 81.1 Å². The van der Waals surface area contributed by atoms with E-state index >= 15 is 0 Å². The molecule has 0 fully saturated rings. The topological polar surface area (TPSA) is 107 Å². The van der Waals surface area contributed by atoms with Gasteiger partial charge in [0.2, 0.25) is 0 Å². The first-order valence-corrected chi connectivity index (χ1v) is 9.52. The van der Waals surface area contributed by atoms with Gasteiger partial charge in [0, 0.05) is 17.7 Å². The maximum Gasteiger partial charge on any atom is 0.416 e. The van der Waals surface area contributed by atoms with Crippen LogP contribution in [0.3, 0.4) is 0 Å². The summed E-state index contributed by atoms with van der Waals surface area (Å²) >= 11 is 0. The third-order valence-corrected chi connectivity index (χ3v) is 4.49. The lowest BCUT2D eigenvalue weighted by Gasteiger charge is -2.11. The zero-order valence-electron chi connectivity index (χ0n) is 17.5. The van der Waals surface area contributed by atoms with Gasteiger partial charge in [-0.15, -0.1) is 0 Å². The lowest BCUT2D eigenvalue weighted by Crippen LogP contribution is -2.25. The molecule has 1 aromatic heterocycles. The van der Waals surface area contributed by atoms with Gasteiger partial charge in [0.25, 0.3) is 11.6 Å². The van der Waals surface area contributed by atoms with Crippen LogP contribution in [0.1, 0.15) is 22.5 Å². The number of carbonyl (C=O) groups is 1. The summed E-state index contributed by atoms with van der Waals surface area (Å²) in [4.78, 5) is 22.3. The third-order valence-electron chi connectivity index (χ3n) is 4.49. The summed E-state index contributed by atoms with van der Waals surface area (Å²) in [5, 5.41) is 14.6. The van der Waals surface area contributed by atoms with Gasteiger partial charge in [-0.2, -0.15) is 18.3 Å². The average molecular weight is 461 g/mol. The molecular formula is C22H18F3N3O5. The Labute approximate surface area is 185 Å². The number of nitrogens with one attached hydrogen (secondary N) is 1. The summed E-state index contributed by atoms with van der Waals surface area (Å²) in [6, 6.07) is 10.4. The molecule has 11 heteroatoms. The van der Waals surface area contributed by atoms with Gasteiger partial charge < -0.3 is 9.15 Å². The SMILES string of the molecule is Cc1cc([N+](=O)[O-])cc(C)c1OCC(=O)NN=Cc1ccc(-c2cccc(C(F)(F)F)c2)o1. The molecule has 0 atom stereocenters. The number of hydrogen-bond donors (Lipinski definition) is 1. The minimum atomic E-state index is -4.47. The van der Waals surface area contributed by atoms with Crippen LogP contribution in [0.25, 0.3) is 11.3 Å². The molecule has 0 aliphatic heterocycles. The number of benzene rings is 2. The molecule has 2 aromatic carbocycles. The molecule has 0 radical (unpaired) electrons. The van der Waals surface area contributed by atoms with E-state index in [9.17, 15) is 28.1 Å². The Bertz CT molecular complexity index is 1190. The van der Waals surface area contributed by atoms with Crippen molar-refractivity contribution in [1.29, 1.82) is 0 Å². The monoisotopic (exact) mass is 461 g/mol. The number of non-ortho nitro benzene ring substituents is 1. The van der Waals surface area contributed by atoms with E-state index in [4.69, 9.17) is 9.15 Å². The van der Waals surface area contributed by atoms with Crippen molar-refractivity contribution in [2.45, 2.75) is 20.0 Å². The Morgan fingerprint density at radius 2 is 1.88 bits per heavy atom. The third kappa shape index (κ3) is 5.97. The number of nitro groups is 1. The van der Waals surface area contributed by atoms with E-state index in [1.54, 1.807) is 13.8 Å². The minimum Gasteiger partial charge on any atom is -0.483 e. The number of alkyl halides is 3. The van der Waals surface area contributed by atoms with E-state index in [2.05, 4.69) is 10.5 Å². The van der Waals surface area contributed by atoms with E-state index in [-0.39, 0.29) is 29.4 Å². The van der Waals surface area contributed by atoms with Crippen LogP contribution in [0.5, 0.6) is 5.75 Å². The molecule has 0 saturated carbocycles. The molecule has 0 saturated heterocycles. The molecule has 33 heavy (non-hydrogen) atoms. The van der Waals surface area contributed by atoms with Crippen molar-refractivity contribution in [2.24, 2.45) is 5.10 Å². The summed E-state index contributed by atoms with van der Waals surface area (Å²) in [7, 11) is 0. The van der Waals surface area contributed by atoms with Gasteiger partial charge in [-0.05, 0) is 49.2 Å². The number of halogens is 3. The van der Waals surface area contributed by atoms with Crippen molar-refractivity contribution >= 4 is 17.8 Å². The van der Waals surface area contributed by atoms with E-state index in [1.165, 1.54) is 42.6 Å². The molecule has 0 bridgehead atoms. The van der Waals surface area contributed by atoms with E-state index in [0.29, 0.717) is 16.9 Å². The number of hydrogen-bond acceptors (Lipinski definition) is 6. The van der Waals surface area contributed by atoms with Crippen molar-refractivity contribution in [1.82, 2.24) is 5.43 Å². The van der Waals surface area contributed by atoms with Crippen molar-refractivity contribution in [2.75, 3.05) is 6.61 Å². The smallest absolute Gasteiger partial charge is 0.416 e. The molecule has 1 N–H and O–H groups in total. The van der Waals surface area contributed by atoms with Crippen molar-refractivity contribution < 1.29 is 32.0 Å². The first-order valence-electron chi connectivity index (χ1n) is 9.52. The van der Waals surface area contributed by atoms with Gasteiger partial charge in [0.15, 0.2) is 6.61 Å². The fraction of sp³-hybridized carbons (Fsp3) is 0.182. The fourth-order valence-corrected chi connectivity index (χ4v) is 3.02. The Morgan fingerprint density at radius 3 is 2.52 bits per heavy atom. The van der Waals surface area contributed by atoms with Crippen LogP contribution in [0, 0.1) is 24.0 Å². The molecule has 0 unspecified atom stereocenters. The molecule has 3 rings (SSSR count). The molecule has 3 aromatic rings. The van der Waals surface area contributed by atoms with Crippen LogP contribution in [0.15, 0.2) is 58.0 Å². The Hall–Kier alpha value is -4.15. The standard InChI is InChI=1S/C22H18F3N3O5/c1-13-8-17(28(30)31)9-14(2)21(13)32-12-20(29)27-26-11-18-6-7-19(33-18)15-4-3-5-16(10-15)22(23,24)25/h3-11H,12H2,1-2H3,(H,27,29). The second-order valence-electron chi connectivity index (χ2n) is 7.03. The van der Waals surface area contributed by atoms with E-state index in [1.807, 2.05) is 0 Å². The maximum absolute atomic E-state index is 12.9. The molecular weight excluding hydrogens is 443 g/mol. The van der Waals surface area contributed by atoms with Gasteiger partial charge in [-0.1, -0.05) is 12.1 Å². The normalized spacial score (nSPS) is 11.5. The highest BCUT2D eigenvalue weighted by molar-refractivity contribution is 5.81. The largest absolute Gasteiger partial charge is 0.483 e. The summed E-state index contributed by atoms with van der Waals surface area (Å²) in [6.07, 6.45) is -3.28. The first kappa shape index (κ1) is 23.5. The Kier molecular flexibility index (Phi) is 6.80. The molecule has 0 spiro atoms. The molecule has 1 amide bonds. The second kappa shape index (κ2) is 9.55. The van der Waals surface area contributed by atoms with Gasteiger partial charge in [-0.25, -0.2) is 5.43 Å². The molecule has 0 aliphatic carbocycles. The van der Waals surface area contributed by atoms with Gasteiger partial charge in [0.05, 0.1) is 16.7 Å². The van der Waals surface area contributed by atoms with Gasteiger partial charge in [-0.3, -0.25) is 14.9 Å². The van der Waals surface area contributed by atoms with Crippen molar-refractivity contribution in [3.8, 4) is 17.1 Å².